The van der Waals surface area contributed by atoms with Gasteiger partial charge in [0.1, 0.15) is 18.0 Å². The summed E-state index contributed by atoms with van der Waals surface area (Å²) >= 11 is 0. The number of anilines is 2. The number of aromatic nitrogens is 2. The van der Waals surface area contributed by atoms with Crippen LogP contribution in [-0.2, 0) is 4.79 Å². The average Bonchev–Trinajstić information content (AvgIpc) is 3.57. The van der Waals surface area contributed by atoms with E-state index < -0.39 is 0 Å². The zero-order valence-corrected chi connectivity index (χ0v) is 17.2. The predicted molar refractivity (Wildman–Crippen MR) is 116 cm³/mol. The Balaban J connectivity index is 1.26. The van der Waals surface area contributed by atoms with Crippen LogP contribution in [0.4, 0.5) is 11.6 Å². The van der Waals surface area contributed by atoms with Crippen LogP contribution in [0.5, 0.6) is 0 Å². The highest BCUT2D eigenvalue weighted by molar-refractivity contribution is 5.76. The molecule has 1 aromatic carbocycles. The van der Waals surface area contributed by atoms with Crippen molar-refractivity contribution in [2.45, 2.75) is 57.5 Å². The molecule has 2 aliphatic rings. The minimum absolute atomic E-state index is 0.0463. The summed E-state index contributed by atoms with van der Waals surface area (Å²) in [4.78, 5) is 23.6. The highest BCUT2D eigenvalue weighted by Crippen LogP contribution is 2.28. The summed E-state index contributed by atoms with van der Waals surface area (Å²) in [6, 6.07) is 12.8. The summed E-state index contributed by atoms with van der Waals surface area (Å²) in [5.41, 5.74) is 1.14. The molecule has 2 fully saturated rings. The van der Waals surface area contributed by atoms with Crippen LogP contribution >= 0.6 is 0 Å². The summed E-state index contributed by atoms with van der Waals surface area (Å²) in [7, 11) is 0. The van der Waals surface area contributed by atoms with Crippen molar-refractivity contribution in [3.63, 3.8) is 0 Å². The van der Waals surface area contributed by atoms with E-state index >= 15 is 0 Å². The van der Waals surface area contributed by atoms with E-state index in [0.717, 1.165) is 43.1 Å². The first-order valence-corrected chi connectivity index (χ1v) is 10.9. The van der Waals surface area contributed by atoms with Gasteiger partial charge in [0.2, 0.25) is 5.91 Å². The second-order valence-electron chi connectivity index (χ2n) is 8.37. The Labute approximate surface area is 173 Å². The summed E-state index contributed by atoms with van der Waals surface area (Å²) < 4.78 is 0. The molecular weight excluding hydrogens is 362 g/mol. The molecule has 2 heterocycles. The lowest BCUT2D eigenvalue weighted by Gasteiger charge is -2.33. The number of nitrogens with one attached hydrogen (secondary N) is 2. The fourth-order valence-electron chi connectivity index (χ4n) is 4.02. The second kappa shape index (κ2) is 9.25. The first kappa shape index (κ1) is 19.7. The van der Waals surface area contributed by atoms with Crippen molar-refractivity contribution in [3.8, 4) is 0 Å². The van der Waals surface area contributed by atoms with Crippen LogP contribution in [0.15, 0.2) is 42.7 Å². The SMILES string of the molecule is CC(NC(=O)CCC1CCCN(c2cc(NC3CC3)ncn2)C1)c1ccccc1. The van der Waals surface area contributed by atoms with E-state index in [-0.39, 0.29) is 11.9 Å². The topological polar surface area (TPSA) is 70.2 Å². The number of amides is 1. The average molecular weight is 394 g/mol. The molecule has 2 aromatic rings. The number of rotatable bonds is 8. The molecule has 1 amide bonds. The molecule has 2 atom stereocenters. The summed E-state index contributed by atoms with van der Waals surface area (Å²) in [6.07, 6.45) is 7.93. The standard InChI is InChI=1S/C23H31N5O/c1-17(19-7-3-2-4-8-19)26-23(29)12-9-18-6-5-13-28(15-18)22-14-21(24-16-25-22)27-20-10-11-20/h2-4,7-8,14,16-18,20H,5-6,9-13,15H2,1H3,(H,26,29)(H,24,25,27). The minimum Gasteiger partial charge on any atom is -0.367 e. The van der Waals surface area contributed by atoms with Gasteiger partial charge >= 0.3 is 0 Å². The number of benzene rings is 1. The van der Waals surface area contributed by atoms with Gasteiger partial charge in [0.15, 0.2) is 0 Å². The number of piperidine rings is 1. The maximum absolute atomic E-state index is 12.4. The van der Waals surface area contributed by atoms with Crippen molar-refractivity contribution < 1.29 is 4.79 Å². The van der Waals surface area contributed by atoms with Crippen LogP contribution in [0.1, 0.15) is 57.1 Å². The second-order valence-corrected chi connectivity index (χ2v) is 8.37. The highest BCUT2D eigenvalue weighted by Gasteiger charge is 2.24. The van der Waals surface area contributed by atoms with Gasteiger partial charge in [0.05, 0.1) is 6.04 Å². The van der Waals surface area contributed by atoms with Crippen molar-refractivity contribution in [2.75, 3.05) is 23.3 Å². The van der Waals surface area contributed by atoms with Gasteiger partial charge in [-0.25, -0.2) is 9.97 Å². The molecule has 0 radical (unpaired) electrons. The van der Waals surface area contributed by atoms with Gasteiger partial charge in [0, 0.05) is 31.6 Å². The lowest BCUT2D eigenvalue weighted by atomic mass is 9.93. The zero-order chi connectivity index (χ0) is 20.1. The Morgan fingerprint density at radius 1 is 1.21 bits per heavy atom. The van der Waals surface area contributed by atoms with E-state index in [2.05, 4.69) is 43.7 Å². The predicted octanol–water partition coefficient (Wildman–Crippen LogP) is 3.92. The van der Waals surface area contributed by atoms with Crippen LogP contribution in [-0.4, -0.2) is 35.0 Å². The lowest BCUT2D eigenvalue weighted by molar-refractivity contribution is -0.122. The van der Waals surface area contributed by atoms with Gasteiger partial charge in [-0.05, 0) is 50.5 Å². The molecule has 4 rings (SSSR count). The van der Waals surface area contributed by atoms with Crippen LogP contribution in [0.2, 0.25) is 0 Å². The molecule has 1 saturated heterocycles. The third-order valence-electron chi connectivity index (χ3n) is 5.88. The molecule has 0 bridgehead atoms. The maximum atomic E-state index is 12.4. The third kappa shape index (κ3) is 5.68. The van der Waals surface area contributed by atoms with E-state index in [4.69, 9.17) is 0 Å². The molecule has 1 saturated carbocycles. The fourth-order valence-corrected chi connectivity index (χ4v) is 4.02. The highest BCUT2D eigenvalue weighted by atomic mass is 16.1. The quantitative estimate of drug-likeness (QED) is 0.711. The molecule has 6 nitrogen and oxygen atoms in total. The van der Waals surface area contributed by atoms with Crippen molar-refractivity contribution >= 4 is 17.5 Å². The van der Waals surface area contributed by atoms with Crippen LogP contribution in [0.25, 0.3) is 0 Å². The zero-order valence-electron chi connectivity index (χ0n) is 17.2. The smallest absolute Gasteiger partial charge is 0.220 e. The Bertz CT molecular complexity index is 808. The van der Waals surface area contributed by atoms with E-state index in [1.54, 1.807) is 6.33 Å². The van der Waals surface area contributed by atoms with Crippen LogP contribution in [0, 0.1) is 5.92 Å². The number of hydrogen-bond donors (Lipinski definition) is 2. The van der Waals surface area contributed by atoms with Crippen molar-refractivity contribution in [3.05, 3.63) is 48.3 Å². The Kier molecular flexibility index (Phi) is 6.27. The van der Waals surface area contributed by atoms with E-state index in [1.165, 1.54) is 19.3 Å². The molecular formula is C23H31N5O. The molecule has 2 N–H and O–H groups in total. The molecule has 2 unspecified atom stereocenters. The van der Waals surface area contributed by atoms with Gasteiger partial charge < -0.3 is 15.5 Å². The van der Waals surface area contributed by atoms with Gasteiger partial charge in [0.25, 0.3) is 0 Å². The lowest BCUT2D eigenvalue weighted by Crippen LogP contribution is -2.36. The number of nitrogens with zero attached hydrogens (tertiary/aromatic N) is 3. The number of carbonyl (C=O) groups is 1. The van der Waals surface area contributed by atoms with Crippen molar-refractivity contribution in [2.24, 2.45) is 5.92 Å². The summed E-state index contributed by atoms with van der Waals surface area (Å²) in [5.74, 6) is 2.58. The molecule has 1 aliphatic carbocycles. The van der Waals surface area contributed by atoms with Crippen LogP contribution < -0.4 is 15.5 Å². The number of carbonyl (C=O) groups excluding carboxylic acids is 1. The Hall–Kier alpha value is -2.63. The fraction of sp³-hybridized carbons (Fsp3) is 0.522. The van der Waals surface area contributed by atoms with Crippen molar-refractivity contribution in [1.29, 1.82) is 0 Å². The van der Waals surface area contributed by atoms with Gasteiger partial charge in [-0.1, -0.05) is 30.3 Å². The summed E-state index contributed by atoms with van der Waals surface area (Å²) in [5, 5.41) is 6.58. The minimum atomic E-state index is 0.0463. The van der Waals surface area contributed by atoms with E-state index in [9.17, 15) is 4.79 Å². The van der Waals surface area contributed by atoms with E-state index in [0.29, 0.717) is 18.4 Å². The van der Waals surface area contributed by atoms with Crippen LogP contribution in [0.3, 0.4) is 0 Å². The van der Waals surface area contributed by atoms with Gasteiger partial charge in [-0.2, -0.15) is 0 Å². The molecule has 154 valence electrons. The first-order valence-electron chi connectivity index (χ1n) is 10.9. The first-order chi connectivity index (χ1) is 14.2. The van der Waals surface area contributed by atoms with Gasteiger partial charge in [-0.3, -0.25) is 4.79 Å². The largest absolute Gasteiger partial charge is 0.367 e. The van der Waals surface area contributed by atoms with Crippen molar-refractivity contribution in [1.82, 2.24) is 15.3 Å². The van der Waals surface area contributed by atoms with E-state index in [1.807, 2.05) is 25.1 Å². The maximum Gasteiger partial charge on any atom is 0.220 e. The normalized spacial score (nSPS) is 20.2. The monoisotopic (exact) mass is 393 g/mol. The Morgan fingerprint density at radius 2 is 2.03 bits per heavy atom. The van der Waals surface area contributed by atoms with Gasteiger partial charge in [-0.15, -0.1) is 0 Å². The molecule has 1 aromatic heterocycles. The Morgan fingerprint density at radius 3 is 2.83 bits per heavy atom. The third-order valence-corrected chi connectivity index (χ3v) is 5.88. The molecule has 1 aliphatic heterocycles. The molecule has 6 heteroatoms. The molecule has 29 heavy (non-hydrogen) atoms. The summed E-state index contributed by atoms with van der Waals surface area (Å²) in [6.45, 7) is 4.02. The molecule has 0 spiro atoms. The number of hydrogen-bond acceptors (Lipinski definition) is 5.